The molecule has 92 valence electrons. The van der Waals surface area contributed by atoms with E-state index in [1.54, 1.807) is 20.0 Å². The van der Waals surface area contributed by atoms with E-state index in [9.17, 15) is 9.18 Å². The van der Waals surface area contributed by atoms with Crippen molar-refractivity contribution in [3.8, 4) is 0 Å². The maximum absolute atomic E-state index is 13.4. The Bertz CT molecular complexity index is 447. The molecule has 17 heavy (non-hydrogen) atoms. The Hall–Kier alpha value is -1.42. The summed E-state index contributed by atoms with van der Waals surface area (Å²) in [6, 6.07) is 5.17. The van der Waals surface area contributed by atoms with Crippen LogP contribution in [0.1, 0.15) is 23.5 Å². The van der Waals surface area contributed by atoms with Gasteiger partial charge >= 0.3 is 0 Å². The third-order valence-corrected chi connectivity index (χ3v) is 3.32. The van der Waals surface area contributed by atoms with Gasteiger partial charge in [-0.25, -0.2) is 9.45 Å². The van der Waals surface area contributed by atoms with Crippen LogP contribution in [-0.2, 0) is 9.63 Å². The average Bonchev–Trinajstić information content (AvgIpc) is 3.10. The SMILES string of the molecule is CON(C)C(=O)C1CC1c1ccc(C)c(F)c1. The van der Waals surface area contributed by atoms with Crippen LogP contribution >= 0.6 is 0 Å². The van der Waals surface area contributed by atoms with Gasteiger partial charge in [-0.1, -0.05) is 12.1 Å². The quantitative estimate of drug-likeness (QED) is 0.755. The van der Waals surface area contributed by atoms with Crippen molar-refractivity contribution in [3.63, 3.8) is 0 Å². The molecule has 1 fully saturated rings. The van der Waals surface area contributed by atoms with Gasteiger partial charge in [-0.3, -0.25) is 9.63 Å². The second kappa shape index (κ2) is 4.45. The Morgan fingerprint density at radius 1 is 1.53 bits per heavy atom. The summed E-state index contributed by atoms with van der Waals surface area (Å²) >= 11 is 0. The summed E-state index contributed by atoms with van der Waals surface area (Å²) in [5, 5.41) is 1.23. The number of aryl methyl sites for hydroxylation is 1. The fraction of sp³-hybridized carbons (Fsp3) is 0.462. The van der Waals surface area contributed by atoms with Crippen LogP contribution in [0.2, 0.25) is 0 Å². The van der Waals surface area contributed by atoms with E-state index in [0.717, 1.165) is 12.0 Å². The predicted octanol–water partition coefficient (Wildman–Crippen LogP) is 2.26. The van der Waals surface area contributed by atoms with Crippen LogP contribution in [0.4, 0.5) is 4.39 Å². The normalized spacial score (nSPS) is 22.4. The van der Waals surface area contributed by atoms with E-state index in [2.05, 4.69) is 0 Å². The zero-order valence-corrected chi connectivity index (χ0v) is 10.2. The molecule has 0 aliphatic heterocycles. The lowest BCUT2D eigenvalue weighted by Gasteiger charge is -2.13. The number of amides is 1. The van der Waals surface area contributed by atoms with Crippen molar-refractivity contribution in [2.24, 2.45) is 5.92 Å². The lowest BCUT2D eigenvalue weighted by molar-refractivity contribution is -0.170. The van der Waals surface area contributed by atoms with Gasteiger partial charge in [0.25, 0.3) is 0 Å². The van der Waals surface area contributed by atoms with Crippen LogP contribution in [0.15, 0.2) is 18.2 Å². The molecule has 0 aromatic heterocycles. The number of rotatable bonds is 3. The molecule has 0 saturated heterocycles. The molecule has 3 nitrogen and oxygen atoms in total. The molecule has 0 spiro atoms. The van der Waals surface area contributed by atoms with Crippen LogP contribution < -0.4 is 0 Å². The maximum atomic E-state index is 13.4. The van der Waals surface area contributed by atoms with Gasteiger partial charge in [0.2, 0.25) is 5.91 Å². The van der Waals surface area contributed by atoms with Crippen molar-refractivity contribution in [3.05, 3.63) is 35.1 Å². The first-order chi connectivity index (χ1) is 8.04. The number of hydroxylamine groups is 2. The number of hydrogen-bond donors (Lipinski definition) is 0. The number of hydrogen-bond acceptors (Lipinski definition) is 2. The fourth-order valence-corrected chi connectivity index (χ4v) is 2.00. The summed E-state index contributed by atoms with van der Waals surface area (Å²) in [5.41, 5.74) is 1.53. The van der Waals surface area contributed by atoms with Crippen molar-refractivity contribution >= 4 is 5.91 Å². The van der Waals surface area contributed by atoms with Gasteiger partial charge in [0, 0.05) is 13.0 Å². The molecular formula is C13H16FNO2. The number of nitrogens with zero attached hydrogens (tertiary/aromatic N) is 1. The summed E-state index contributed by atoms with van der Waals surface area (Å²) in [4.78, 5) is 16.6. The molecule has 1 aromatic carbocycles. The Balaban J connectivity index is 2.07. The van der Waals surface area contributed by atoms with E-state index in [0.29, 0.717) is 5.56 Å². The predicted molar refractivity (Wildman–Crippen MR) is 61.8 cm³/mol. The highest BCUT2D eigenvalue weighted by molar-refractivity contribution is 5.81. The molecule has 2 atom stereocenters. The number of carbonyl (C=O) groups excluding carboxylic acids is 1. The topological polar surface area (TPSA) is 29.5 Å². The maximum Gasteiger partial charge on any atom is 0.249 e. The smallest absolute Gasteiger partial charge is 0.249 e. The Morgan fingerprint density at radius 3 is 2.82 bits per heavy atom. The van der Waals surface area contributed by atoms with Gasteiger partial charge in [-0.2, -0.15) is 0 Å². The molecule has 0 radical (unpaired) electrons. The minimum Gasteiger partial charge on any atom is -0.275 e. The van der Waals surface area contributed by atoms with Crippen LogP contribution in [0.25, 0.3) is 0 Å². The molecule has 1 amide bonds. The lowest BCUT2D eigenvalue weighted by atomic mass is 10.1. The molecule has 1 aliphatic carbocycles. The third-order valence-electron chi connectivity index (χ3n) is 3.32. The molecular weight excluding hydrogens is 221 g/mol. The summed E-state index contributed by atoms with van der Waals surface area (Å²) in [5.74, 6) is -0.184. The first-order valence-electron chi connectivity index (χ1n) is 5.62. The summed E-state index contributed by atoms with van der Waals surface area (Å²) in [6.45, 7) is 1.73. The van der Waals surface area contributed by atoms with Gasteiger partial charge in [-0.05, 0) is 36.5 Å². The van der Waals surface area contributed by atoms with Crippen LogP contribution in [0, 0.1) is 18.7 Å². The highest BCUT2D eigenvalue weighted by Gasteiger charge is 2.45. The largest absolute Gasteiger partial charge is 0.275 e. The third kappa shape index (κ3) is 2.31. The monoisotopic (exact) mass is 237 g/mol. The van der Waals surface area contributed by atoms with Gasteiger partial charge < -0.3 is 0 Å². The molecule has 1 aromatic rings. The fourth-order valence-electron chi connectivity index (χ4n) is 2.00. The van der Waals surface area contributed by atoms with Crippen molar-refractivity contribution < 1.29 is 14.0 Å². The van der Waals surface area contributed by atoms with E-state index in [-0.39, 0.29) is 23.6 Å². The first-order valence-corrected chi connectivity index (χ1v) is 5.62. The Labute approximate surface area is 100 Å². The highest BCUT2D eigenvalue weighted by Crippen LogP contribution is 2.48. The molecule has 0 heterocycles. The van der Waals surface area contributed by atoms with Crippen molar-refractivity contribution in [2.75, 3.05) is 14.2 Å². The minimum atomic E-state index is -0.208. The second-order valence-electron chi connectivity index (χ2n) is 4.48. The van der Waals surface area contributed by atoms with Crippen LogP contribution in [-0.4, -0.2) is 25.1 Å². The standard InChI is InChI=1S/C13H16FNO2/c1-8-4-5-9(6-12(8)14)10-7-11(10)13(16)15(2)17-3/h4-6,10-11H,7H2,1-3H3. The van der Waals surface area contributed by atoms with E-state index < -0.39 is 0 Å². The highest BCUT2D eigenvalue weighted by atomic mass is 19.1. The van der Waals surface area contributed by atoms with Gasteiger partial charge in [0.1, 0.15) is 5.82 Å². The van der Waals surface area contributed by atoms with E-state index in [4.69, 9.17) is 4.84 Å². The van der Waals surface area contributed by atoms with Gasteiger partial charge in [0.15, 0.2) is 0 Å². The molecule has 2 rings (SSSR count). The number of benzene rings is 1. The van der Waals surface area contributed by atoms with Crippen molar-refractivity contribution in [1.82, 2.24) is 5.06 Å². The molecule has 0 bridgehead atoms. The number of halogens is 1. The van der Waals surface area contributed by atoms with E-state index >= 15 is 0 Å². The molecule has 4 heteroatoms. The summed E-state index contributed by atoms with van der Waals surface area (Å²) < 4.78 is 13.4. The summed E-state index contributed by atoms with van der Waals surface area (Å²) in [6.07, 6.45) is 0.773. The minimum absolute atomic E-state index is 0.0431. The van der Waals surface area contributed by atoms with Crippen molar-refractivity contribution in [1.29, 1.82) is 0 Å². The zero-order valence-electron chi connectivity index (χ0n) is 10.2. The van der Waals surface area contributed by atoms with E-state index in [1.807, 2.05) is 6.07 Å². The lowest BCUT2D eigenvalue weighted by Crippen LogP contribution is -2.27. The van der Waals surface area contributed by atoms with Crippen LogP contribution in [0.5, 0.6) is 0 Å². The van der Waals surface area contributed by atoms with Gasteiger partial charge in [-0.15, -0.1) is 0 Å². The Morgan fingerprint density at radius 2 is 2.24 bits per heavy atom. The van der Waals surface area contributed by atoms with Crippen molar-refractivity contribution in [2.45, 2.75) is 19.3 Å². The molecule has 1 saturated carbocycles. The van der Waals surface area contributed by atoms with Gasteiger partial charge in [0.05, 0.1) is 7.11 Å². The van der Waals surface area contributed by atoms with E-state index in [1.165, 1.54) is 18.2 Å². The molecule has 2 unspecified atom stereocenters. The number of carbonyl (C=O) groups is 1. The zero-order chi connectivity index (χ0) is 12.6. The molecule has 0 N–H and O–H groups in total. The second-order valence-corrected chi connectivity index (χ2v) is 4.48. The molecule has 1 aliphatic rings. The first kappa shape index (κ1) is 12.0. The summed E-state index contributed by atoms with van der Waals surface area (Å²) in [7, 11) is 3.05. The average molecular weight is 237 g/mol. The van der Waals surface area contributed by atoms with Crippen LogP contribution in [0.3, 0.4) is 0 Å². The Kier molecular flexibility index (Phi) is 3.15.